The Morgan fingerprint density at radius 1 is 1.05 bits per heavy atom. The molecule has 0 aromatic heterocycles. The van der Waals surface area contributed by atoms with Crippen molar-refractivity contribution in [2.75, 3.05) is 0 Å². The molecule has 1 aliphatic heterocycles. The van der Waals surface area contributed by atoms with Gasteiger partial charge in [0.1, 0.15) is 0 Å². The largest absolute Gasteiger partial charge is 0.392 e. The average Bonchev–Trinajstić information content (AvgIpc) is 2.45. The van der Waals surface area contributed by atoms with Crippen LogP contribution in [-0.4, -0.2) is 24.4 Å². The van der Waals surface area contributed by atoms with Crippen LogP contribution in [0.15, 0.2) is 24.3 Å². The summed E-state index contributed by atoms with van der Waals surface area (Å²) in [4.78, 5) is 45.8. The Morgan fingerprint density at radius 3 is 2.29 bits per heavy atom. The summed E-state index contributed by atoms with van der Waals surface area (Å²) in [6.07, 6.45) is 0. The minimum atomic E-state index is -0.844. The van der Waals surface area contributed by atoms with Crippen LogP contribution in [0.4, 0.5) is 0 Å². The number of ether oxygens (including phenoxy) is 2. The van der Waals surface area contributed by atoms with Gasteiger partial charge in [-0.3, -0.25) is 4.79 Å². The van der Waals surface area contributed by atoms with Crippen LogP contribution in [-0.2, 0) is 14.3 Å². The molecule has 0 amide bonds. The molecule has 0 atom stereocenters. The van der Waals surface area contributed by atoms with Gasteiger partial charge in [0, 0.05) is 10.8 Å². The van der Waals surface area contributed by atoms with E-state index in [9.17, 15) is 19.2 Å². The van der Waals surface area contributed by atoms with Gasteiger partial charge in [0.15, 0.2) is 0 Å². The predicted molar refractivity (Wildman–Crippen MR) is 69.9 cm³/mol. The lowest BCUT2D eigenvalue weighted by Crippen LogP contribution is -2.20. The average molecular weight is 284 g/mol. The minimum absolute atomic E-state index is 0.0343. The second-order valence-corrected chi connectivity index (χ2v) is 4.52. The zero-order chi connectivity index (χ0) is 15.1. The van der Waals surface area contributed by atoms with Crippen molar-refractivity contribution in [2.45, 2.75) is 6.92 Å². The van der Waals surface area contributed by atoms with E-state index in [-0.39, 0.29) is 23.2 Å². The van der Waals surface area contributed by atoms with E-state index in [1.54, 1.807) is 13.0 Å². The standard InChI is InChI=1S/C15H8O6/c1-7-2-3-9-12-10(15(19)21-14(9)18)5-4-8(11(7)12)13(17)20-6-16/h2-6H,1H3. The molecule has 0 saturated carbocycles. The topological polar surface area (TPSA) is 86.7 Å². The maximum Gasteiger partial charge on any atom is 0.346 e. The summed E-state index contributed by atoms with van der Waals surface area (Å²) in [6.45, 7) is 1.76. The summed E-state index contributed by atoms with van der Waals surface area (Å²) >= 11 is 0. The van der Waals surface area contributed by atoms with Gasteiger partial charge in [0.25, 0.3) is 0 Å². The van der Waals surface area contributed by atoms with Gasteiger partial charge >= 0.3 is 24.4 Å². The summed E-state index contributed by atoms with van der Waals surface area (Å²) in [7, 11) is 0. The summed E-state index contributed by atoms with van der Waals surface area (Å²) < 4.78 is 9.00. The van der Waals surface area contributed by atoms with E-state index in [0.717, 1.165) is 0 Å². The normalized spacial score (nSPS) is 13.0. The van der Waals surface area contributed by atoms with Gasteiger partial charge in [-0.05, 0) is 30.7 Å². The first-order valence-electron chi connectivity index (χ1n) is 6.02. The summed E-state index contributed by atoms with van der Waals surface area (Å²) in [5, 5.41) is 0.749. The van der Waals surface area contributed by atoms with Crippen LogP contribution in [0.1, 0.15) is 36.6 Å². The van der Waals surface area contributed by atoms with Gasteiger partial charge in [-0.1, -0.05) is 6.07 Å². The van der Waals surface area contributed by atoms with E-state index in [1.807, 2.05) is 0 Å². The van der Waals surface area contributed by atoms with E-state index in [2.05, 4.69) is 9.47 Å². The number of aryl methyl sites for hydroxylation is 1. The van der Waals surface area contributed by atoms with Crippen molar-refractivity contribution in [1.82, 2.24) is 0 Å². The lowest BCUT2D eigenvalue weighted by molar-refractivity contribution is -0.123. The summed E-state index contributed by atoms with van der Waals surface area (Å²) in [6, 6.07) is 5.92. The highest BCUT2D eigenvalue weighted by Crippen LogP contribution is 2.33. The number of carbonyl (C=O) groups is 4. The van der Waals surface area contributed by atoms with Crippen LogP contribution >= 0.6 is 0 Å². The van der Waals surface area contributed by atoms with Gasteiger partial charge in [0.2, 0.25) is 0 Å². The van der Waals surface area contributed by atoms with Crippen LogP contribution in [0.25, 0.3) is 10.8 Å². The highest BCUT2D eigenvalue weighted by atomic mass is 16.6. The monoisotopic (exact) mass is 284 g/mol. The molecule has 0 fully saturated rings. The molecule has 2 aromatic rings. The van der Waals surface area contributed by atoms with Crippen LogP contribution in [0.5, 0.6) is 0 Å². The van der Waals surface area contributed by atoms with Gasteiger partial charge in [-0.15, -0.1) is 0 Å². The molecule has 6 heteroatoms. The fraction of sp³-hybridized carbons (Fsp3) is 0.0667. The number of carbonyl (C=O) groups excluding carboxylic acids is 4. The molecule has 0 N–H and O–H groups in total. The van der Waals surface area contributed by atoms with Crippen molar-refractivity contribution < 1.29 is 28.7 Å². The number of cyclic esters (lactones) is 2. The number of rotatable bonds is 2. The Bertz CT molecular complexity index is 813. The van der Waals surface area contributed by atoms with Gasteiger partial charge in [0.05, 0.1) is 16.7 Å². The maximum absolute atomic E-state index is 11.8. The quantitative estimate of drug-likeness (QED) is 0.474. The van der Waals surface area contributed by atoms with E-state index >= 15 is 0 Å². The number of esters is 3. The molecule has 1 heterocycles. The number of benzene rings is 2. The maximum atomic E-state index is 11.8. The minimum Gasteiger partial charge on any atom is -0.392 e. The molecule has 0 saturated heterocycles. The lowest BCUT2D eigenvalue weighted by Gasteiger charge is -2.18. The molecule has 0 bridgehead atoms. The van der Waals surface area contributed by atoms with E-state index in [4.69, 9.17) is 0 Å². The molecular formula is C15H8O6. The molecule has 6 nitrogen and oxygen atoms in total. The van der Waals surface area contributed by atoms with Crippen molar-refractivity contribution >= 4 is 35.2 Å². The molecule has 104 valence electrons. The third kappa shape index (κ3) is 1.80. The van der Waals surface area contributed by atoms with E-state index in [0.29, 0.717) is 16.3 Å². The molecule has 21 heavy (non-hydrogen) atoms. The first kappa shape index (κ1) is 13.0. The van der Waals surface area contributed by atoms with Gasteiger partial charge in [-0.25, -0.2) is 14.4 Å². The molecule has 0 radical (unpaired) electrons. The Hall–Kier alpha value is -3.02. The second-order valence-electron chi connectivity index (χ2n) is 4.52. The van der Waals surface area contributed by atoms with E-state index < -0.39 is 17.9 Å². The van der Waals surface area contributed by atoms with Gasteiger partial charge in [-0.2, -0.15) is 0 Å². The Balaban J connectivity index is 2.44. The molecular weight excluding hydrogens is 276 g/mol. The zero-order valence-corrected chi connectivity index (χ0v) is 10.8. The number of hydrogen-bond acceptors (Lipinski definition) is 6. The predicted octanol–water partition coefficient (Wildman–Crippen LogP) is 1.77. The van der Waals surface area contributed by atoms with Crippen LogP contribution < -0.4 is 0 Å². The third-order valence-corrected chi connectivity index (χ3v) is 3.37. The van der Waals surface area contributed by atoms with Crippen molar-refractivity contribution in [1.29, 1.82) is 0 Å². The van der Waals surface area contributed by atoms with Crippen LogP contribution in [0.3, 0.4) is 0 Å². The van der Waals surface area contributed by atoms with E-state index in [1.165, 1.54) is 18.2 Å². The first-order chi connectivity index (χ1) is 10.0. The smallest absolute Gasteiger partial charge is 0.346 e. The molecule has 3 rings (SSSR count). The first-order valence-corrected chi connectivity index (χ1v) is 6.02. The van der Waals surface area contributed by atoms with Crippen molar-refractivity contribution in [2.24, 2.45) is 0 Å². The van der Waals surface area contributed by atoms with Crippen molar-refractivity contribution in [3.05, 3.63) is 46.5 Å². The lowest BCUT2D eigenvalue weighted by atomic mass is 9.91. The molecule has 0 spiro atoms. The summed E-state index contributed by atoms with van der Waals surface area (Å²) in [5.41, 5.74) is 1.19. The molecule has 2 aromatic carbocycles. The van der Waals surface area contributed by atoms with Crippen molar-refractivity contribution in [3.63, 3.8) is 0 Å². The Morgan fingerprint density at radius 2 is 1.67 bits per heavy atom. The second kappa shape index (κ2) is 4.52. The zero-order valence-electron chi connectivity index (χ0n) is 10.8. The molecule has 0 aliphatic carbocycles. The highest BCUT2D eigenvalue weighted by molar-refractivity contribution is 6.24. The SMILES string of the molecule is Cc1ccc2c3c(ccc(C(=O)OC=O)c13)C(=O)OC2=O. The fourth-order valence-electron chi connectivity index (χ4n) is 2.48. The third-order valence-electron chi connectivity index (χ3n) is 3.37. The number of hydrogen-bond donors (Lipinski definition) is 0. The Labute approximate surface area is 118 Å². The highest BCUT2D eigenvalue weighted by Gasteiger charge is 2.29. The fourth-order valence-corrected chi connectivity index (χ4v) is 2.48. The van der Waals surface area contributed by atoms with Crippen LogP contribution in [0.2, 0.25) is 0 Å². The van der Waals surface area contributed by atoms with Crippen LogP contribution in [0, 0.1) is 6.92 Å². The molecule has 0 unspecified atom stereocenters. The molecule has 1 aliphatic rings. The van der Waals surface area contributed by atoms with Crippen molar-refractivity contribution in [3.8, 4) is 0 Å². The Kier molecular flexibility index (Phi) is 2.79. The summed E-state index contributed by atoms with van der Waals surface area (Å²) in [5.74, 6) is -2.38. The van der Waals surface area contributed by atoms with Gasteiger partial charge < -0.3 is 9.47 Å².